The van der Waals surface area contributed by atoms with Gasteiger partial charge >= 0.3 is 47.8 Å². The molecule has 0 atom stereocenters. The van der Waals surface area contributed by atoms with Gasteiger partial charge in [0.1, 0.15) is 0 Å². The van der Waals surface area contributed by atoms with E-state index >= 15 is 0 Å². The molecule has 0 spiro atoms. The molecular weight excluding hydrogens is 1520 g/mol. The summed E-state index contributed by atoms with van der Waals surface area (Å²) in [6.45, 7) is 56.6. The molecule has 0 fully saturated rings. The van der Waals surface area contributed by atoms with Crippen LogP contribution >= 0.6 is 0 Å². The molecule has 0 aliphatic rings. The molecule has 0 saturated carbocycles. The normalized spacial score (nSPS) is 9.15. The molecule has 8 aromatic carbocycles. The quantitative estimate of drug-likeness (QED) is 0.0231. The van der Waals surface area contributed by atoms with E-state index in [0.29, 0.717) is 22.3 Å². The minimum Gasteiger partial charge on any atom is -0.478 e. The second kappa shape index (κ2) is 110. The first-order valence-corrected chi connectivity index (χ1v) is 38.4. The second-order valence-corrected chi connectivity index (χ2v) is 20.0. The van der Waals surface area contributed by atoms with Gasteiger partial charge in [0.15, 0.2) is 0 Å². The van der Waals surface area contributed by atoms with Gasteiger partial charge in [0.2, 0.25) is 0 Å². The summed E-state index contributed by atoms with van der Waals surface area (Å²) < 4.78 is 18.0. The summed E-state index contributed by atoms with van der Waals surface area (Å²) in [4.78, 5) is 84.0. The van der Waals surface area contributed by atoms with Crippen molar-refractivity contribution in [3.8, 4) is 0 Å². The maximum absolute atomic E-state index is 11.0. The van der Waals surface area contributed by atoms with Crippen molar-refractivity contribution in [2.75, 3.05) is 28.4 Å². The average Bonchev–Trinajstić information content (AvgIpc) is 0.946. The fraction of sp³-hybridized carbons (Fsp3) is 0.181. The Bertz CT molecular complexity index is 3860. The Hall–Kier alpha value is -14.4. The predicted octanol–water partition coefficient (Wildman–Crippen LogP) is 27.4. The lowest BCUT2D eigenvalue weighted by molar-refractivity contribution is -0.136. The highest BCUT2D eigenvalue weighted by molar-refractivity contribution is 5.93. The maximum atomic E-state index is 11.0. The van der Waals surface area contributed by atoms with Gasteiger partial charge in [-0.25, -0.2) is 38.4 Å². The molecule has 0 saturated heterocycles. The first-order chi connectivity index (χ1) is 58.6. The Morgan fingerprint density at radius 3 is 0.678 bits per heavy atom. The number of rotatable bonds is 16. The van der Waals surface area contributed by atoms with Crippen LogP contribution in [0.4, 0.5) is 0 Å². The minimum atomic E-state index is -0.922. The fourth-order valence-corrected chi connectivity index (χ4v) is 6.65. The third-order valence-electron chi connectivity index (χ3n) is 11.7. The van der Waals surface area contributed by atoms with Crippen molar-refractivity contribution in [2.24, 2.45) is 0 Å². The number of carbonyl (C=O) groups is 8. The van der Waals surface area contributed by atoms with Crippen LogP contribution in [0, 0.1) is 0 Å². The van der Waals surface area contributed by atoms with E-state index in [1.807, 2.05) is 327 Å². The largest absolute Gasteiger partial charge is 0.478 e. The van der Waals surface area contributed by atoms with Gasteiger partial charge in [-0.15, -0.1) is 59.2 Å². The third kappa shape index (κ3) is 97.9. The summed E-state index contributed by atoms with van der Waals surface area (Å²) in [5.74, 6) is -4.85. The van der Waals surface area contributed by atoms with E-state index < -0.39 is 23.9 Å². The Kier molecular flexibility index (Phi) is 118. The van der Waals surface area contributed by atoms with Gasteiger partial charge in [0.05, 0.1) is 39.6 Å². The number of aliphatic carboxylic acids is 3. The molecule has 0 aliphatic carbocycles. The topological polar surface area (TPSA) is 254 Å². The maximum Gasteiger partial charge on any atom is 0.337 e. The number of carboxylic acid groups (broad SMARTS) is 4. The van der Waals surface area contributed by atoms with Crippen molar-refractivity contribution in [3.63, 3.8) is 0 Å². The number of esters is 4. The first kappa shape index (κ1) is 130. The van der Waals surface area contributed by atoms with Crippen LogP contribution in [0.25, 0.3) is 36.5 Å². The van der Waals surface area contributed by atoms with Crippen molar-refractivity contribution >= 4 is 84.2 Å². The van der Waals surface area contributed by atoms with Gasteiger partial charge in [0.25, 0.3) is 0 Å². The molecule has 8 rings (SSSR count). The van der Waals surface area contributed by atoms with Crippen LogP contribution in [0.5, 0.6) is 0 Å². The summed E-state index contributed by atoms with van der Waals surface area (Å²) in [6.07, 6.45) is 32.8. The van der Waals surface area contributed by atoms with Gasteiger partial charge in [-0.05, 0) is 143 Å². The summed E-state index contributed by atoms with van der Waals surface area (Å²) in [7, 11) is 5.47. The smallest absolute Gasteiger partial charge is 0.337 e. The van der Waals surface area contributed by atoms with E-state index in [9.17, 15) is 38.4 Å². The number of hydrogen-bond acceptors (Lipinski definition) is 12. The lowest BCUT2D eigenvalue weighted by Crippen LogP contribution is -2.00. The molecule has 121 heavy (non-hydrogen) atoms. The second-order valence-electron chi connectivity index (χ2n) is 20.0. The Labute approximate surface area is 726 Å². The van der Waals surface area contributed by atoms with Crippen molar-refractivity contribution in [2.45, 2.75) is 104 Å². The van der Waals surface area contributed by atoms with Crippen LogP contribution in [-0.2, 0) is 47.7 Å². The van der Waals surface area contributed by atoms with Crippen molar-refractivity contribution in [1.82, 2.24) is 0 Å². The first-order valence-electron chi connectivity index (χ1n) is 38.4. The molecule has 0 aliphatic heterocycles. The summed E-state index contributed by atoms with van der Waals surface area (Å²) in [5.41, 5.74) is 7.57. The van der Waals surface area contributed by atoms with Crippen LogP contribution in [0.1, 0.15) is 158 Å². The highest BCUT2D eigenvalue weighted by Crippen LogP contribution is 2.09. The molecule has 0 amide bonds. The molecule has 4 N–H and O–H groups in total. The van der Waals surface area contributed by atoms with E-state index in [4.69, 9.17) is 20.4 Å². The number of hydrogen-bond donors (Lipinski definition) is 4. The monoisotopic (exact) mass is 1650 g/mol. The molecule has 0 aromatic heterocycles. The van der Waals surface area contributed by atoms with Crippen LogP contribution in [0.2, 0.25) is 0 Å². The lowest BCUT2D eigenvalue weighted by atomic mass is 10.1. The standard InChI is InChI=1S/C11H12O2.3C10H10O2.2C9H8O2.C8H8O2.C7H6O2.2C6H10.C3H6.4C2H6.4C2H4/c1-9(11(12)13-2)8-10-6-4-3-5-7-10;2*1-12-10(11)8-7-9-5-3-2-4-6-9;1-8(10(11)12)7-9-5-3-2-4-6-9;2*10-9(11)7-6-8-4-2-1-3-5-8;1-10-8(9)7-5-3-2-4-6-7;8-7(9)6-4-2-1-3-5-6;2*1-3-5-6-4-2;1-3-2;8*1-2/h3-8H,1-2H3;2*2-8H,1H3;2-7H,1H3,(H,11,12);2*1-7H,(H,10,11);2-6H,1H3;1-5H,(H,8,9);2*3-6H,1-2H3;3H,1H2,2H3;4*1-2H3;4*1-2H2/b9-8-;8-7+;2*8-7-;7-6+;7-6-;;;2*5-3+,6-4+;;;;;;;;;. The SMILES string of the molecule is C/C(=C/c1ccccc1)C(=O)O.C/C=C/C=C/C.C/C=C/C=C/C.C=C.C=C.C=C.C=C.C=CC.CC.CC.CC.CC.COC(=O)/C(C)=C\c1ccccc1.COC(=O)/C=C/c1ccccc1.COC(=O)/C=C\c1ccccc1.COC(=O)c1ccccc1.O=C(O)/C=C/c1ccccc1.O=C(O)/C=C\c1ccccc1.O=C(O)c1ccccc1. The van der Waals surface area contributed by atoms with Gasteiger partial charge in [-0.2, -0.15) is 0 Å². The molecule has 16 heteroatoms. The van der Waals surface area contributed by atoms with E-state index in [1.165, 1.54) is 40.6 Å². The third-order valence-corrected chi connectivity index (χ3v) is 11.7. The Morgan fingerprint density at radius 2 is 0.496 bits per heavy atom. The lowest BCUT2D eigenvalue weighted by Gasteiger charge is -1.98. The number of methoxy groups -OCH3 is 4. The molecule has 0 unspecified atom stereocenters. The number of aromatic carboxylic acids is 1. The zero-order chi connectivity index (χ0) is 94.9. The molecular formula is C105H138O16. The van der Waals surface area contributed by atoms with E-state index in [1.54, 1.807) is 111 Å². The minimum absolute atomic E-state index is 0.288. The van der Waals surface area contributed by atoms with Gasteiger partial charge in [-0.1, -0.05) is 328 Å². The van der Waals surface area contributed by atoms with Crippen molar-refractivity contribution in [3.05, 3.63) is 437 Å². The summed E-state index contributed by atoms with van der Waals surface area (Å²) in [5, 5.41) is 33.5. The average molecular weight is 1660 g/mol. The molecule has 654 valence electrons. The van der Waals surface area contributed by atoms with Crippen molar-refractivity contribution < 1.29 is 77.7 Å². The molecule has 0 radical (unpaired) electrons. The van der Waals surface area contributed by atoms with Crippen LogP contribution in [0.3, 0.4) is 0 Å². The molecule has 0 bridgehead atoms. The van der Waals surface area contributed by atoms with Crippen LogP contribution in [-0.4, -0.2) is 96.6 Å². The molecule has 16 nitrogen and oxygen atoms in total. The highest BCUT2D eigenvalue weighted by Gasteiger charge is 2.03. The van der Waals surface area contributed by atoms with Crippen LogP contribution < -0.4 is 0 Å². The number of allylic oxidation sites excluding steroid dienone is 9. The van der Waals surface area contributed by atoms with E-state index in [2.05, 4.69) is 78.2 Å². The van der Waals surface area contributed by atoms with E-state index in [-0.39, 0.29) is 23.9 Å². The fourth-order valence-electron chi connectivity index (χ4n) is 6.65. The number of ether oxygens (including phenoxy) is 4. The van der Waals surface area contributed by atoms with E-state index in [0.717, 1.165) is 45.5 Å². The molecule has 8 aromatic rings. The number of benzene rings is 8. The number of carbonyl (C=O) groups excluding carboxylic acids is 4. The van der Waals surface area contributed by atoms with Gasteiger partial charge in [-0.3, -0.25) is 0 Å². The zero-order valence-corrected chi connectivity index (χ0v) is 75.1. The predicted molar refractivity (Wildman–Crippen MR) is 518 cm³/mol. The van der Waals surface area contributed by atoms with Crippen molar-refractivity contribution in [1.29, 1.82) is 0 Å². The van der Waals surface area contributed by atoms with Gasteiger partial charge in [0, 0.05) is 35.5 Å². The summed E-state index contributed by atoms with van der Waals surface area (Å²) >= 11 is 0. The van der Waals surface area contributed by atoms with Crippen LogP contribution in [0.15, 0.2) is 392 Å². The van der Waals surface area contributed by atoms with Gasteiger partial charge < -0.3 is 39.4 Å². The number of carboxylic acids is 4. The Balaban J connectivity index is -0.000000121. The zero-order valence-electron chi connectivity index (χ0n) is 75.1. The molecule has 0 heterocycles. The highest BCUT2D eigenvalue weighted by atomic mass is 16.5. The summed E-state index contributed by atoms with van der Waals surface area (Å²) in [6, 6.07) is 74.0. The Morgan fingerprint density at radius 1 is 0.289 bits per heavy atom.